The number of alkyl halides is 3. The number of likely N-dealkylation sites (N-methyl/N-ethyl adjacent to an activating group) is 1. The average molecular weight is 645 g/mol. The van der Waals surface area contributed by atoms with E-state index in [1.165, 1.54) is 19.1 Å². The highest BCUT2D eigenvalue weighted by Gasteiger charge is 2.66. The summed E-state index contributed by atoms with van der Waals surface area (Å²) < 4.78 is 51.4. The van der Waals surface area contributed by atoms with E-state index in [-0.39, 0.29) is 29.7 Å². The molecule has 10 heteroatoms. The van der Waals surface area contributed by atoms with E-state index in [9.17, 15) is 27.9 Å². The number of amides is 1. The second-order valence-electron chi connectivity index (χ2n) is 13.0. The molecule has 3 aromatic carbocycles. The minimum absolute atomic E-state index is 0.0842. The predicted octanol–water partition coefficient (Wildman–Crippen LogP) is 5.63. The molecule has 0 aromatic heterocycles. The molecule has 2 fully saturated rings. The van der Waals surface area contributed by atoms with Gasteiger partial charge in [0.1, 0.15) is 12.2 Å². The minimum atomic E-state index is -4.45. The molecule has 1 saturated heterocycles. The van der Waals surface area contributed by atoms with E-state index < -0.39 is 35.3 Å². The lowest BCUT2D eigenvalue weighted by molar-refractivity contribution is -0.150. The van der Waals surface area contributed by atoms with Crippen LogP contribution in [0.5, 0.6) is 11.5 Å². The molecular weight excluding hydrogens is 609 g/mol. The van der Waals surface area contributed by atoms with Crippen molar-refractivity contribution in [3.8, 4) is 23.3 Å². The number of halogens is 3. The summed E-state index contributed by atoms with van der Waals surface area (Å²) in [6.45, 7) is 2.70. The van der Waals surface area contributed by atoms with Gasteiger partial charge in [0.15, 0.2) is 11.5 Å². The van der Waals surface area contributed by atoms with Crippen molar-refractivity contribution in [3.05, 3.63) is 94.5 Å². The Labute approximate surface area is 271 Å². The van der Waals surface area contributed by atoms with E-state index in [2.05, 4.69) is 16.7 Å². The van der Waals surface area contributed by atoms with Crippen LogP contribution in [0.25, 0.3) is 0 Å². The number of carbonyl (C=O) groups excluding carboxylic acids is 2. The third-order valence-corrected chi connectivity index (χ3v) is 10.6. The van der Waals surface area contributed by atoms with Gasteiger partial charge in [-0.05, 0) is 79.6 Å². The number of phenols is 1. The first-order chi connectivity index (χ1) is 22.5. The maximum atomic E-state index is 13.4. The van der Waals surface area contributed by atoms with Crippen molar-refractivity contribution < 1.29 is 37.3 Å². The van der Waals surface area contributed by atoms with Crippen molar-refractivity contribution in [2.24, 2.45) is 5.92 Å². The molecule has 7 rings (SSSR count). The molecule has 1 spiro atoms. The van der Waals surface area contributed by atoms with Crippen LogP contribution in [-0.4, -0.2) is 65.1 Å². The minimum Gasteiger partial charge on any atom is -0.504 e. The van der Waals surface area contributed by atoms with Crippen LogP contribution in [0.15, 0.2) is 66.7 Å². The highest BCUT2D eigenvalue weighted by Crippen LogP contribution is 2.64. The molecule has 1 saturated carbocycles. The average Bonchev–Trinajstić information content (AvgIpc) is 3.40. The molecule has 2 bridgehead atoms. The summed E-state index contributed by atoms with van der Waals surface area (Å²) >= 11 is 0. The van der Waals surface area contributed by atoms with Crippen LogP contribution < -0.4 is 4.74 Å². The topological polar surface area (TPSA) is 79.3 Å². The van der Waals surface area contributed by atoms with Crippen LogP contribution in [0, 0.1) is 17.8 Å². The molecule has 6 atom stereocenters. The Morgan fingerprint density at radius 1 is 1.11 bits per heavy atom. The number of piperidine rings is 1. The van der Waals surface area contributed by atoms with E-state index in [4.69, 9.17) is 9.47 Å². The fourth-order valence-corrected chi connectivity index (χ4v) is 8.62. The summed E-state index contributed by atoms with van der Waals surface area (Å²) in [7, 11) is 1.69. The maximum absolute atomic E-state index is 13.4. The van der Waals surface area contributed by atoms with Gasteiger partial charge in [0.05, 0.1) is 11.6 Å². The van der Waals surface area contributed by atoms with Crippen molar-refractivity contribution >= 4 is 11.9 Å². The van der Waals surface area contributed by atoms with Gasteiger partial charge in [0.2, 0.25) is 0 Å². The molecule has 47 heavy (non-hydrogen) atoms. The summed E-state index contributed by atoms with van der Waals surface area (Å²) in [6.07, 6.45) is -2.31. The monoisotopic (exact) mass is 644 g/mol. The molecule has 2 aliphatic heterocycles. The fraction of sp³-hybridized carbons (Fsp3) is 0.405. The molecule has 7 nitrogen and oxygen atoms in total. The summed E-state index contributed by atoms with van der Waals surface area (Å²) in [5.74, 6) is 5.31. The molecule has 1 amide bonds. The van der Waals surface area contributed by atoms with Crippen molar-refractivity contribution in [1.82, 2.24) is 9.80 Å². The van der Waals surface area contributed by atoms with Crippen molar-refractivity contribution in [2.75, 3.05) is 20.1 Å². The summed E-state index contributed by atoms with van der Waals surface area (Å²) in [6, 6.07) is 17.6. The zero-order chi connectivity index (χ0) is 33.1. The van der Waals surface area contributed by atoms with Crippen molar-refractivity contribution in [3.63, 3.8) is 0 Å². The number of benzene rings is 3. The first kappa shape index (κ1) is 31.1. The van der Waals surface area contributed by atoms with E-state index >= 15 is 0 Å². The third kappa shape index (κ3) is 5.31. The number of rotatable bonds is 5. The zero-order valence-electron chi connectivity index (χ0n) is 26.1. The fourth-order valence-electron chi connectivity index (χ4n) is 8.62. The van der Waals surface area contributed by atoms with Gasteiger partial charge in [0, 0.05) is 49.0 Å². The SMILES string of the molecule is CC(=O)OC(CN1CC[C@]23c4c5ccc(O)c4O[C@H]2[C@H](N(C)C(=O)C#Cc2ccc(C(F)(F)F)cc2)CC[C@H]3[C@H]1C5)c1ccccc1. The molecule has 1 N–H and O–H groups in total. The molecule has 3 aromatic rings. The molecule has 2 aliphatic carbocycles. The first-order valence-corrected chi connectivity index (χ1v) is 15.9. The van der Waals surface area contributed by atoms with Crippen molar-refractivity contribution in [1.29, 1.82) is 0 Å². The van der Waals surface area contributed by atoms with Crippen LogP contribution in [0.4, 0.5) is 13.2 Å². The first-order valence-electron chi connectivity index (χ1n) is 15.9. The highest BCUT2D eigenvalue weighted by atomic mass is 19.4. The lowest BCUT2D eigenvalue weighted by Gasteiger charge is -2.60. The number of aromatic hydroxyl groups is 1. The lowest BCUT2D eigenvalue weighted by Crippen LogP contribution is -2.69. The molecule has 0 radical (unpaired) electrons. The van der Waals surface area contributed by atoms with Gasteiger partial charge in [-0.2, -0.15) is 13.2 Å². The van der Waals surface area contributed by atoms with E-state index in [1.807, 2.05) is 36.4 Å². The molecular formula is C37H35F3N2O5. The summed E-state index contributed by atoms with van der Waals surface area (Å²) in [5, 5.41) is 10.9. The second-order valence-corrected chi connectivity index (χ2v) is 13.0. The van der Waals surface area contributed by atoms with Gasteiger partial charge in [-0.25, -0.2) is 0 Å². The Bertz CT molecular complexity index is 1770. The van der Waals surface area contributed by atoms with E-state index in [0.717, 1.165) is 54.6 Å². The van der Waals surface area contributed by atoms with Gasteiger partial charge in [-0.1, -0.05) is 42.3 Å². The summed E-state index contributed by atoms with van der Waals surface area (Å²) in [4.78, 5) is 29.6. The number of nitrogens with zero attached hydrogens (tertiary/aromatic N) is 2. The number of carbonyl (C=O) groups is 2. The quantitative estimate of drug-likeness (QED) is 0.287. The Kier molecular flexibility index (Phi) is 7.71. The van der Waals surface area contributed by atoms with E-state index in [1.54, 1.807) is 18.0 Å². The van der Waals surface area contributed by atoms with Crippen LogP contribution in [0.2, 0.25) is 0 Å². The highest BCUT2D eigenvalue weighted by molar-refractivity contribution is 5.94. The van der Waals surface area contributed by atoms with Crippen molar-refractivity contribution in [2.45, 2.75) is 68.5 Å². The molecule has 244 valence electrons. The smallest absolute Gasteiger partial charge is 0.416 e. The largest absolute Gasteiger partial charge is 0.504 e. The summed E-state index contributed by atoms with van der Waals surface area (Å²) in [5.41, 5.74) is 2.21. The molecule has 4 aliphatic rings. The van der Waals surface area contributed by atoms with Crippen LogP contribution in [-0.2, 0) is 32.3 Å². The third-order valence-electron chi connectivity index (χ3n) is 10.6. The number of ether oxygens (including phenoxy) is 2. The standard InChI is InChI=1S/C37H35F3N2O5/c1-22(43)46-31(24-6-4-3-5-7-24)21-42-19-18-36-27-14-15-28(35(36)47-34-30(44)16-11-25(33(34)36)20-29(27)42)41(2)32(45)17-10-23-8-12-26(13-9-23)37(38,39)40/h3-9,11-13,16,27-29,31,35,44H,14-15,18-21H2,1-2H3/t27-,28+,29+,31?,35-,36-/m0/s1. The normalized spacial score (nSPS) is 26.2. The number of phenolic OH excluding ortho intramolecular Hbond substituents is 1. The number of esters is 1. The Morgan fingerprint density at radius 3 is 2.55 bits per heavy atom. The van der Waals surface area contributed by atoms with Crippen LogP contribution in [0.1, 0.15) is 60.1 Å². The van der Waals surface area contributed by atoms with E-state index in [0.29, 0.717) is 24.3 Å². The van der Waals surface area contributed by atoms with Gasteiger partial charge in [-0.3, -0.25) is 14.5 Å². The Balaban J connectivity index is 1.17. The van der Waals surface area contributed by atoms with Gasteiger partial charge in [-0.15, -0.1) is 0 Å². The molecule has 2 heterocycles. The number of likely N-dealkylation sites (tertiary alicyclic amines) is 1. The maximum Gasteiger partial charge on any atom is 0.416 e. The van der Waals surface area contributed by atoms with Gasteiger partial charge < -0.3 is 19.5 Å². The second kappa shape index (κ2) is 11.6. The number of hydrogen-bond acceptors (Lipinski definition) is 6. The Morgan fingerprint density at radius 2 is 1.85 bits per heavy atom. The zero-order valence-corrected chi connectivity index (χ0v) is 26.1. The van der Waals surface area contributed by atoms with Crippen LogP contribution >= 0.6 is 0 Å². The van der Waals surface area contributed by atoms with Gasteiger partial charge in [0.25, 0.3) is 5.91 Å². The van der Waals surface area contributed by atoms with Crippen LogP contribution in [0.3, 0.4) is 0 Å². The Hall–Kier alpha value is -4.49. The lowest BCUT2D eigenvalue weighted by atomic mass is 9.51. The predicted molar refractivity (Wildman–Crippen MR) is 166 cm³/mol. The van der Waals surface area contributed by atoms with Gasteiger partial charge >= 0.3 is 12.1 Å². The molecule has 1 unspecified atom stereocenters. The number of hydrogen-bond donors (Lipinski definition) is 1.